The predicted octanol–water partition coefficient (Wildman–Crippen LogP) is 2.09. The molecule has 0 saturated carbocycles. The number of hydrogen-bond acceptors (Lipinski definition) is 5. The molecule has 27 heavy (non-hydrogen) atoms. The van der Waals surface area contributed by atoms with Gasteiger partial charge in [-0.3, -0.25) is 14.8 Å². The molecular formula is C17H14F3N3O4. The van der Waals surface area contributed by atoms with Gasteiger partial charge in [0.15, 0.2) is 0 Å². The fraction of sp³-hybridized carbons (Fsp3) is 0.235. The highest BCUT2D eigenvalue weighted by Crippen LogP contribution is 2.40. The van der Waals surface area contributed by atoms with Crippen LogP contribution in [-0.4, -0.2) is 23.0 Å². The molecule has 2 aromatic rings. The second-order valence-corrected chi connectivity index (χ2v) is 5.90. The van der Waals surface area contributed by atoms with Crippen molar-refractivity contribution < 1.29 is 22.7 Å². The number of hydrogen-bond donors (Lipinski definition) is 3. The Balaban J connectivity index is 2.25. The number of carbonyl (C=O) groups is 1. The lowest BCUT2D eigenvalue weighted by atomic mass is 9.82. The standard InChI is InChI=1S/C17H14F3N3O4/c1-7-10(15(25)27-2)11(8-3-5-9(6-4-8)17(18,19)20)12-13(21-7)22-16(26)23-14(12)24/h3-6,11H,1-2H3,(H3,21,22,23,24,26)/t11-/m0/s1. The van der Waals surface area contributed by atoms with Crippen LogP contribution < -0.4 is 16.6 Å². The number of carbonyl (C=O) groups excluding carboxylic acids is 1. The summed E-state index contributed by atoms with van der Waals surface area (Å²) >= 11 is 0. The molecule has 0 unspecified atom stereocenters. The lowest BCUT2D eigenvalue weighted by molar-refractivity contribution is -0.138. The second-order valence-electron chi connectivity index (χ2n) is 5.90. The lowest BCUT2D eigenvalue weighted by Gasteiger charge is -2.28. The minimum absolute atomic E-state index is 0.000332. The first-order valence-electron chi connectivity index (χ1n) is 7.73. The van der Waals surface area contributed by atoms with Crippen molar-refractivity contribution in [2.24, 2.45) is 0 Å². The molecule has 0 amide bonds. The zero-order valence-corrected chi connectivity index (χ0v) is 14.2. The average molecular weight is 381 g/mol. The van der Waals surface area contributed by atoms with Crippen LogP contribution in [0.3, 0.4) is 0 Å². The smallest absolute Gasteiger partial charge is 0.416 e. The van der Waals surface area contributed by atoms with Crippen molar-refractivity contribution in [3.8, 4) is 0 Å². The van der Waals surface area contributed by atoms with E-state index in [0.29, 0.717) is 5.70 Å². The van der Waals surface area contributed by atoms with Crippen molar-refractivity contribution in [1.29, 1.82) is 0 Å². The molecule has 0 fully saturated rings. The Kier molecular flexibility index (Phi) is 4.42. The molecule has 0 radical (unpaired) electrons. The molecule has 0 aliphatic carbocycles. The molecule has 7 nitrogen and oxygen atoms in total. The Labute approximate surface area is 149 Å². The monoisotopic (exact) mass is 381 g/mol. The topological polar surface area (TPSA) is 104 Å². The maximum absolute atomic E-state index is 12.8. The van der Waals surface area contributed by atoms with E-state index in [-0.39, 0.29) is 22.5 Å². The van der Waals surface area contributed by atoms with E-state index in [4.69, 9.17) is 4.74 Å². The number of nitrogens with one attached hydrogen (secondary N) is 3. The van der Waals surface area contributed by atoms with E-state index in [1.54, 1.807) is 0 Å². The largest absolute Gasteiger partial charge is 0.466 e. The predicted molar refractivity (Wildman–Crippen MR) is 89.3 cm³/mol. The first-order valence-corrected chi connectivity index (χ1v) is 7.73. The van der Waals surface area contributed by atoms with Crippen LogP contribution in [0.4, 0.5) is 19.0 Å². The highest BCUT2D eigenvalue weighted by atomic mass is 19.4. The van der Waals surface area contributed by atoms with Crippen LogP contribution in [0.1, 0.15) is 29.5 Å². The first kappa shape index (κ1) is 18.5. The van der Waals surface area contributed by atoms with E-state index in [0.717, 1.165) is 19.2 Å². The number of halogens is 3. The number of anilines is 1. The van der Waals surface area contributed by atoms with Gasteiger partial charge in [0.25, 0.3) is 5.56 Å². The zero-order valence-electron chi connectivity index (χ0n) is 14.2. The Bertz CT molecular complexity index is 1050. The van der Waals surface area contributed by atoms with Crippen LogP contribution in [-0.2, 0) is 15.7 Å². The van der Waals surface area contributed by atoms with Crippen LogP contribution in [0.5, 0.6) is 0 Å². The molecule has 142 valence electrons. The summed E-state index contributed by atoms with van der Waals surface area (Å²) in [4.78, 5) is 40.7. The van der Waals surface area contributed by atoms with Crippen LogP contribution in [0.25, 0.3) is 0 Å². The summed E-state index contributed by atoms with van der Waals surface area (Å²) < 4.78 is 43.3. The molecule has 1 aliphatic rings. The third-order valence-corrected chi connectivity index (χ3v) is 4.25. The summed E-state index contributed by atoms with van der Waals surface area (Å²) in [5.41, 5.74) is -1.76. The van der Waals surface area contributed by atoms with Crippen molar-refractivity contribution in [1.82, 2.24) is 9.97 Å². The second kappa shape index (κ2) is 6.45. The van der Waals surface area contributed by atoms with Crippen molar-refractivity contribution in [2.75, 3.05) is 12.4 Å². The number of benzene rings is 1. The number of aromatic nitrogens is 2. The van der Waals surface area contributed by atoms with Crippen LogP contribution in [0, 0.1) is 0 Å². The maximum Gasteiger partial charge on any atom is 0.416 e. The number of rotatable bonds is 2. The number of methoxy groups -OCH3 is 1. The molecule has 1 aromatic carbocycles. The van der Waals surface area contributed by atoms with Gasteiger partial charge in [0.2, 0.25) is 0 Å². The Morgan fingerprint density at radius 3 is 2.30 bits per heavy atom. The van der Waals surface area contributed by atoms with Gasteiger partial charge >= 0.3 is 17.8 Å². The summed E-state index contributed by atoms with van der Waals surface area (Å²) in [6, 6.07) is 4.09. The van der Waals surface area contributed by atoms with Gasteiger partial charge < -0.3 is 10.1 Å². The molecule has 1 aromatic heterocycles. The van der Waals surface area contributed by atoms with Gasteiger partial charge in [-0.1, -0.05) is 12.1 Å². The quantitative estimate of drug-likeness (QED) is 0.691. The molecule has 0 bridgehead atoms. The number of ether oxygens (including phenoxy) is 1. The van der Waals surface area contributed by atoms with E-state index in [2.05, 4.69) is 15.3 Å². The molecule has 3 N–H and O–H groups in total. The number of alkyl halides is 3. The minimum Gasteiger partial charge on any atom is -0.466 e. The summed E-state index contributed by atoms with van der Waals surface area (Å²) in [7, 11) is 1.15. The fourth-order valence-corrected chi connectivity index (χ4v) is 3.06. The van der Waals surface area contributed by atoms with Gasteiger partial charge in [-0.05, 0) is 24.6 Å². The molecule has 1 atom stereocenters. The third kappa shape index (κ3) is 3.25. The molecule has 0 saturated heterocycles. The summed E-state index contributed by atoms with van der Waals surface area (Å²) in [6.45, 7) is 1.53. The van der Waals surface area contributed by atoms with Gasteiger partial charge in [-0.25, -0.2) is 9.59 Å². The van der Waals surface area contributed by atoms with Crippen LogP contribution in [0.15, 0.2) is 45.1 Å². The number of fused-ring (bicyclic) bond motifs is 1. The Morgan fingerprint density at radius 2 is 1.74 bits per heavy atom. The summed E-state index contributed by atoms with van der Waals surface area (Å²) in [5, 5.41) is 2.77. The van der Waals surface area contributed by atoms with Gasteiger partial charge in [0, 0.05) is 5.70 Å². The van der Waals surface area contributed by atoms with Gasteiger partial charge in [-0.15, -0.1) is 0 Å². The number of H-pyrrole nitrogens is 2. The van der Waals surface area contributed by atoms with Crippen LogP contribution in [0.2, 0.25) is 0 Å². The number of allylic oxidation sites excluding steroid dienone is 1. The number of aromatic amines is 2. The molecule has 0 spiro atoms. The Morgan fingerprint density at radius 1 is 1.11 bits per heavy atom. The van der Waals surface area contributed by atoms with Crippen molar-refractivity contribution in [3.63, 3.8) is 0 Å². The van der Waals surface area contributed by atoms with Crippen molar-refractivity contribution in [2.45, 2.75) is 19.0 Å². The van der Waals surface area contributed by atoms with Gasteiger partial charge in [0.1, 0.15) is 5.82 Å². The van der Waals surface area contributed by atoms with E-state index in [1.165, 1.54) is 19.1 Å². The summed E-state index contributed by atoms with van der Waals surface area (Å²) in [6.07, 6.45) is -4.52. The van der Waals surface area contributed by atoms with E-state index < -0.39 is 34.9 Å². The molecule has 10 heteroatoms. The molecule has 2 heterocycles. The van der Waals surface area contributed by atoms with Gasteiger partial charge in [0.05, 0.1) is 29.7 Å². The van der Waals surface area contributed by atoms with Crippen LogP contribution >= 0.6 is 0 Å². The normalized spacial score (nSPS) is 16.6. The molecule has 1 aliphatic heterocycles. The lowest BCUT2D eigenvalue weighted by Crippen LogP contribution is -2.34. The molecular weight excluding hydrogens is 367 g/mol. The van der Waals surface area contributed by atoms with Crippen molar-refractivity contribution >= 4 is 11.8 Å². The van der Waals surface area contributed by atoms with Crippen molar-refractivity contribution in [3.05, 3.63) is 73.1 Å². The maximum atomic E-state index is 12.8. The fourth-order valence-electron chi connectivity index (χ4n) is 3.06. The summed E-state index contributed by atoms with van der Waals surface area (Å²) in [5.74, 6) is -1.70. The molecule has 3 rings (SSSR count). The third-order valence-electron chi connectivity index (χ3n) is 4.25. The van der Waals surface area contributed by atoms with Gasteiger partial charge in [-0.2, -0.15) is 13.2 Å². The van der Waals surface area contributed by atoms with E-state index >= 15 is 0 Å². The van der Waals surface area contributed by atoms with E-state index in [9.17, 15) is 27.6 Å². The van der Waals surface area contributed by atoms with E-state index in [1.807, 2.05) is 0 Å². The first-order chi connectivity index (χ1) is 12.6. The zero-order chi connectivity index (χ0) is 19.9. The highest BCUT2D eigenvalue weighted by Gasteiger charge is 2.36. The number of esters is 1. The average Bonchev–Trinajstić information content (AvgIpc) is 2.59. The highest BCUT2D eigenvalue weighted by molar-refractivity contribution is 5.94. The Hall–Kier alpha value is -3.30. The minimum atomic E-state index is -4.52. The SMILES string of the molecule is COC(=O)C1=C(C)Nc2[nH]c(=O)[nH]c(=O)c2[C@H]1c1ccc(C(F)(F)F)cc1.